The van der Waals surface area contributed by atoms with Gasteiger partial charge in [-0.2, -0.15) is 5.26 Å². The smallest absolute Gasteiger partial charge is 0.252 e. The Balaban J connectivity index is 1.14. The first-order valence-electron chi connectivity index (χ1n) is 22.0. The van der Waals surface area contributed by atoms with Crippen LogP contribution >= 0.6 is 0 Å². The molecule has 0 unspecified atom stereocenters. The van der Waals surface area contributed by atoms with Crippen molar-refractivity contribution in [1.82, 2.24) is 4.57 Å². The molecule has 1 aromatic heterocycles. The Morgan fingerprint density at radius 3 is 1.75 bits per heavy atom. The number of aromatic nitrogens is 1. The molecule has 63 heavy (non-hydrogen) atoms. The van der Waals surface area contributed by atoms with E-state index in [1.54, 1.807) is 0 Å². The molecular weight excluding hydrogens is 765 g/mol. The highest BCUT2D eigenvalue weighted by Crippen LogP contribution is 2.52. The van der Waals surface area contributed by atoms with Crippen LogP contribution in [0, 0.1) is 11.3 Å². The van der Waals surface area contributed by atoms with E-state index in [1.807, 2.05) is 0 Å². The first kappa shape index (κ1) is 37.3. The summed E-state index contributed by atoms with van der Waals surface area (Å²) >= 11 is 0. The molecule has 12 rings (SSSR count). The van der Waals surface area contributed by atoms with Crippen molar-refractivity contribution in [3.8, 4) is 11.8 Å². The van der Waals surface area contributed by atoms with Gasteiger partial charge in [0.25, 0.3) is 6.71 Å². The van der Waals surface area contributed by atoms with Gasteiger partial charge in [-0.15, -0.1) is 0 Å². The Morgan fingerprint density at radius 1 is 0.492 bits per heavy atom. The summed E-state index contributed by atoms with van der Waals surface area (Å²) in [5.41, 5.74) is 20.2. The van der Waals surface area contributed by atoms with Crippen molar-refractivity contribution in [2.24, 2.45) is 0 Å². The summed E-state index contributed by atoms with van der Waals surface area (Å²) in [5.74, 6) is 0. The van der Waals surface area contributed by atoms with E-state index in [0.717, 1.165) is 51.2 Å². The van der Waals surface area contributed by atoms with E-state index in [-0.39, 0.29) is 17.5 Å². The molecule has 6 heteroatoms. The number of fused-ring (bicyclic) bond motifs is 9. The highest BCUT2D eigenvalue weighted by molar-refractivity contribution is 7.00. The van der Waals surface area contributed by atoms with Crippen LogP contribution in [0.2, 0.25) is 0 Å². The summed E-state index contributed by atoms with van der Waals surface area (Å²) in [4.78, 5) is 7.24. The average molecular weight is 812 g/mol. The summed E-state index contributed by atoms with van der Waals surface area (Å²) in [6.45, 7) is 13.5. The van der Waals surface area contributed by atoms with Crippen LogP contribution in [0.5, 0.6) is 0 Å². The molecule has 0 N–H and O–H groups in total. The number of rotatable bonds is 4. The minimum Gasteiger partial charge on any atom is -0.311 e. The highest BCUT2D eigenvalue weighted by Gasteiger charge is 2.46. The summed E-state index contributed by atoms with van der Waals surface area (Å²) in [6.07, 6.45) is 0. The first-order valence-corrected chi connectivity index (χ1v) is 22.0. The van der Waals surface area contributed by atoms with Gasteiger partial charge in [-0.05, 0) is 117 Å². The molecule has 0 spiro atoms. The van der Waals surface area contributed by atoms with Crippen molar-refractivity contribution in [3.05, 3.63) is 187 Å². The van der Waals surface area contributed by atoms with Gasteiger partial charge in [0, 0.05) is 50.6 Å². The zero-order chi connectivity index (χ0) is 42.9. The van der Waals surface area contributed by atoms with Crippen LogP contribution in [-0.4, -0.2) is 11.3 Å². The van der Waals surface area contributed by atoms with Crippen molar-refractivity contribution >= 4 is 96.1 Å². The van der Waals surface area contributed by atoms with Crippen LogP contribution < -0.4 is 31.1 Å². The normalized spacial score (nSPS) is 13.4. The third-order valence-electron chi connectivity index (χ3n) is 13.6. The second-order valence-electron chi connectivity index (χ2n) is 19.4. The number of para-hydroxylation sites is 4. The lowest BCUT2D eigenvalue weighted by Crippen LogP contribution is -2.61. The van der Waals surface area contributed by atoms with E-state index >= 15 is 0 Å². The van der Waals surface area contributed by atoms with E-state index in [1.165, 1.54) is 55.0 Å². The maximum Gasteiger partial charge on any atom is 0.252 e. The van der Waals surface area contributed by atoms with E-state index in [9.17, 15) is 5.26 Å². The Labute approximate surface area is 369 Å². The van der Waals surface area contributed by atoms with Crippen LogP contribution in [0.1, 0.15) is 58.2 Å². The molecule has 0 amide bonds. The van der Waals surface area contributed by atoms with Crippen molar-refractivity contribution < 1.29 is 0 Å². The predicted molar refractivity (Wildman–Crippen MR) is 265 cm³/mol. The molecular formula is C57H46BN5. The molecule has 0 bridgehead atoms. The molecule has 0 fully saturated rings. The monoisotopic (exact) mass is 811 g/mol. The minimum absolute atomic E-state index is 0.0307. The highest BCUT2D eigenvalue weighted by atomic mass is 15.2. The van der Waals surface area contributed by atoms with Crippen molar-refractivity contribution in [2.45, 2.75) is 52.4 Å². The Bertz CT molecular complexity index is 3320. The van der Waals surface area contributed by atoms with E-state index in [4.69, 9.17) is 0 Å². The quantitative estimate of drug-likeness (QED) is 0.166. The molecule has 5 nitrogen and oxygen atoms in total. The summed E-state index contributed by atoms with van der Waals surface area (Å²) < 4.78 is 2.46. The third-order valence-corrected chi connectivity index (χ3v) is 13.6. The van der Waals surface area contributed by atoms with Gasteiger partial charge in [0.1, 0.15) is 0 Å². The topological polar surface area (TPSA) is 38.4 Å². The van der Waals surface area contributed by atoms with Crippen molar-refractivity contribution in [2.75, 3.05) is 14.7 Å². The number of nitriles is 1. The molecule has 4 heterocycles. The van der Waals surface area contributed by atoms with Gasteiger partial charge >= 0.3 is 0 Å². The maximum atomic E-state index is 10.8. The summed E-state index contributed by atoms with van der Waals surface area (Å²) in [7, 11) is 0. The third kappa shape index (κ3) is 5.42. The van der Waals surface area contributed by atoms with E-state index in [2.05, 4.69) is 237 Å². The molecule has 0 radical (unpaired) electrons. The van der Waals surface area contributed by atoms with Gasteiger partial charge < -0.3 is 19.3 Å². The largest absolute Gasteiger partial charge is 0.311 e. The molecule has 0 aliphatic carbocycles. The summed E-state index contributed by atoms with van der Waals surface area (Å²) in [6, 6.07) is 64.9. The van der Waals surface area contributed by atoms with Gasteiger partial charge in [-0.25, -0.2) is 0 Å². The molecule has 0 saturated heterocycles. The number of hydrogen-bond donors (Lipinski definition) is 0. The Kier molecular flexibility index (Phi) is 7.85. The maximum absolute atomic E-state index is 10.8. The fraction of sp³-hybridized carbons (Fsp3) is 0.140. The molecule has 8 aromatic carbocycles. The number of hydrogen-bond acceptors (Lipinski definition) is 4. The van der Waals surface area contributed by atoms with Crippen LogP contribution in [0.4, 0.5) is 51.2 Å². The Hall–Kier alpha value is -7.49. The zero-order valence-electron chi connectivity index (χ0n) is 36.5. The SMILES string of the molecule is CC(C)(C)c1ccc(N(c2ccc(C(C)(C)C)cc2)c2ccc3c(c2)N(c2ccccc2)c2cc(C#N)cc4c2B3c2cccc3c2N4c2cccc4c5ccccc5n-3c24)cc1. The Morgan fingerprint density at radius 2 is 1.08 bits per heavy atom. The molecule has 302 valence electrons. The second-order valence-corrected chi connectivity index (χ2v) is 19.4. The van der Waals surface area contributed by atoms with Crippen LogP contribution in [-0.2, 0) is 10.8 Å². The lowest BCUT2D eigenvalue weighted by Gasteiger charge is -2.46. The van der Waals surface area contributed by atoms with Gasteiger partial charge in [0.05, 0.1) is 39.7 Å². The van der Waals surface area contributed by atoms with E-state index in [0.29, 0.717) is 5.56 Å². The van der Waals surface area contributed by atoms with Crippen LogP contribution in [0.3, 0.4) is 0 Å². The lowest BCUT2D eigenvalue weighted by molar-refractivity contribution is 0.590. The van der Waals surface area contributed by atoms with Crippen molar-refractivity contribution in [1.29, 1.82) is 5.26 Å². The number of nitrogens with zero attached hydrogens (tertiary/aromatic N) is 5. The standard InChI is InChI=1S/C57H46BN5/c1-56(2,3)37-22-26-40(27-23-37)60(41-28-24-38(25-29-41)57(4,5)6)42-30-31-45-50(34-42)61(39-14-8-7-9-15-39)51-32-36(35-59)33-52-53(51)58(45)46-18-13-21-49-55(46)63(52)48-20-12-17-44-43-16-10-11-19-47(43)62(49)54(44)48/h7-34H,1-6H3. The molecule has 0 atom stereocenters. The van der Waals surface area contributed by atoms with Gasteiger partial charge in [0.2, 0.25) is 0 Å². The van der Waals surface area contributed by atoms with Gasteiger partial charge in [-0.3, -0.25) is 0 Å². The number of anilines is 9. The molecule has 9 aromatic rings. The summed E-state index contributed by atoms with van der Waals surface area (Å²) in [5, 5.41) is 13.3. The predicted octanol–water partition coefficient (Wildman–Crippen LogP) is 13.1. The fourth-order valence-corrected chi connectivity index (χ4v) is 10.6. The molecule has 0 saturated carbocycles. The van der Waals surface area contributed by atoms with Gasteiger partial charge in [0.15, 0.2) is 0 Å². The van der Waals surface area contributed by atoms with Gasteiger partial charge in [-0.1, -0.05) is 133 Å². The number of benzene rings is 8. The van der Waals surface area contributed by atoms with E-state index < -0.39 is 0 Å². The molecule has 3 aliphatic rings. The second kappa shape index (κ2) is 13.3. The van der Waals surface area contributed by atoms with Crippen LogP contribution in [0.15, 0.2) is 170 Å². The average Bonchev–Trinajstić information content (AvgIpc) is 3.63. The lowest BCUT2D eigenvalue weighted by atomic mass is 9.33. The fourth-order valence-electron chi connectivity index (χ4n) is 10.6. The zero-order valence-corrected chi connectivity index (χ0v) is 36.5. The molecule has 3 aliphatic heterocycles. The van der Waals surface area contributed by atoms with Crippen LogP contribution in [0.25, 0.3) is 27.5 Å². The minimum atomic E-state index is -0.0916. The van der Waals surface area contributed by atoms with Crippen molar-refractivity contribution in [3.63, 3.8) is 0 Å². The first-order chi connectivity index (χ1) is 30.5.